The predicted molar refractivity (Wildman–Crippen MR) is 133 cm³/mol. The topological polar surface area (TPSA) is 76.7 Å². The number of aromatic nitrogens is 1. The third-order valence-corrected chi connectivity index (χ3v) is 7.10. The second kappa shape index (κ2) is 9.29. The van der Waals surface area contributed by atoms with Gasteiger partial charge in [0.2, 0.25) is 5.91 Å². The average Bonchev–Trinajstić information content (AvgIpc) is 3.59. The lowest BCUT2D eigenvalue weighted by atomic mass is 9.93. The molecule has 2 aromatic heterocycles. The highest BCUT2D eigenvalue weighted by Gasteiger charge is 2.48. The fourth-order valence-corrected chi connectivity index (χ4v) is 5.20. The van der Waals surface area contributed by atoms with Crippen molar-refractivity contribution < 1.29 is 18.7 Å². The molecule has 184 valence electrons. The highest BCUT2D eigenvalue weighted by atomic mass is 16.5. The molecule has 1 N–H and O–H groups in total. The van der Waals surface area contributed by atoms with E-state index in [-0.39, 0.29) is 24.0 Å². The molecule has 3 heterocycles. The van der Waals surface area contributed by atoms with E-state index in [0.29, 0.717) is 24.5 Å². The number of hydrogen-bond acceptors (Lipinski definition) is 4. The number of nitrogens with zero attached hydrogens (tertiary/aromatic N) is 2. The Bertz CT molecular complexity index is 1190. The fourth-order valence-electron chi connectivity index (χ4n) is 5.20. The van der Waals surface area contributed by atoms with Crippen molar-refractivity contribution in [2.45, 2.75) is 77.2 Å². The third-order valence-electron chi connectivity index (χ3n) is 7.10. The zero-order chi connectivity index (χ0) is 24.6. The van der Waals surface area contributed by atoms with Gasteiger partial charge < -0.3 is 23.9 Å². The number of carbonyl (C=O) groups is 2. The van der Waals surface area contributed by atoms with Gasteiger partial charge in [0.15, 0.2) is 0 Å². The molecule has 0 spiro atoms. The number of furan rings is 1. The lowest BCUT2D eigenvalue weighted by Crippen LogP contribution is -2.64. The summed E-state index contributed by atoms with van der Waals surface area (Å²) < 4.78 is 13.3. The second-order valence-electron chi connectivity index (χ2n) is 10.1. The first-order valence-electron chi connectivity index (χ1n) is 12.5. The van der Waals surface area contributed by atoms with Crippen LogP contribution in [0.2, 0.25) is 0 Å². The molecule has 1 unspecified atom stereocenters. The summed E-state index contributed by atoms with van der Waals surface area (Å²) in [5.41, 5.74) is 1.25. The first-order valence-corrected chi connectivity index (χ1v) is 12.5. The molecule has 2 aliphatic rings. The summed E-state index contributed by atoms with van der Waals surface area (Å²) >= 11 is 0. The summed E-state index contributed by atoms with van der Waals surface area (Å²) in [6, 6.07) is 15.3. The van der Waals surface area contributed by atoms with E-state index >= 15 is 0 Å². The van der Waals surface area contributed by atoms with Gasteiger partial charge in [-0.25, -0.2) is 0 Å². The van der Waals surface area contributed by atoms with Gasteiger partial charge in [0, 0.05) is 12.6 Å². The highest BCUT2D eigenvalue weighted by molar-refractivity contribution is 6.00. The minimum Gasteiger partial charge on any atom is -0.491 e. The quantitative estimate of drug-likeness (QED) is 0.521. The van der Waals surface area contributed by atoms with Crippen LogP contribution in [0, 0.1) is 0 Å². The van der Waals surface area contributed by atoms with Gasteiger partial charge in [0.25, 0.3) is 5.91 Å². The summed E-state index contributed by atoms with van der Waals surface area (Å²) in [5, 5.41) is 3.24. The van der Waals surface area contributed by atoms with Gasteiger partial charge in [0.1, 0.15) is 22.7 Å². The molecule has 1 aliphatic heterocycles. The van der Waals surface area contributed by atoms with E-state index in [4.69, 9.17) is 9.15 Å². The molecule has 0 saturated heterocycles. The molecule has 35 heavy (non-hydrogen) atoms. The Balaban J connectivity index is 1.49. The molecule has 7 nitrogen and oxygen atoms in total. The molecule has 0 radical (unpaired) electrons. The number of carbonyl (C=O) groups excluding carboxylic acids is 2. The van der Waals surface area contributed by atoms with Gasteiger partial charge >= 0.3 is 0 Å². The van der Waals surface area contributed by atoms with E-state index in [9.17, 15) is 9.59 Å². The predicted octanol–water partition coefficient (Wildman–Crippen LogP) is 5.01. The Morgan fingerprint density at radius 3 is 2.49 bits per heavy atom. The van der Waals surface area contributed by atoms with Gasteiger partial charge in [-0.05, 0) is 75.6 Å². The van der Waals surface area contributed by atoms with Crippen molar-refractivity contribution in [3.8, 4) is 17.2 Å². The van der Waals surface area contributed by atoms with Crippen molar-refractivity contribution >= 4 is 11.8 Å². The summed E-state index contributed by atoms with van der Waals surface area (Å²) in [4.78, 5) is 29.3. The Hall–Kier alpha value is -3.48. The summed E-state index contributed by atoms with van der Waals surface area (Å²) in [5.74, 6) is 1.19. The molecule has 1 aliphatic carbocycles. The highest BCUT2D eigenvalue weighted by Crippen LogP contribution is 2.35. The minimum atomic E-state index is -1.06. The summed E-state index contributed by atoms with van der Waals surface area (Å²) in [6.45, 7) is 6.53. The number of amides is 2. The third kappa shape index (κ3) is 4.47. The Labute approximate surface area is 206 Å². The zero-order valence-electron chi connectivity index (χ0n) is 20.6. The largest absolute Gasteiger partial charge is 0.491 e. The SMILES string of the molecule is CC(C)Oc1ccc(CN2C(=O)c3ccc(-c4ccco4)n3CC2(C)C(=O)NC2CCCC2)cc1. The molecule has 1 aromatic carbocycles. The summed E-state index contributed by atoms with van der Waals surface area (Å²) in [7, 11) is 0. The minimum absolute atomic E-state index is 0.0863. The van der Waals surface area contributed by atoms with Gasteiger partial charge in [-0.3, -0.25) is 9.59 Å². The lowest BCUT2D eigenvalue weighted by molar-refractivity contribution is -0.133. The molecular formula is C28H33N3O4. The van der Waals surface area contributed by atoms with Gasteiger partial charge in [-0.15, -0.1) is 0 Å². The molecule has 5 rings (SSSR count). The van der Waals surface area contributed by atoms with Crippen LogP contribution in [0.5, 0.6) is 5.75 Å². The Morgan fingerprint density at radius 2 is 1.83 bits per heavy atom. The molecular weight excluding hydrogens is 442 g/mol. The van der Waals surface area contributed by atoms with E-state index in [1.54, 1.807) is 11.2 Å². The van der Waals surface area contributed by atoms with Gasteiger partial charge in [-0.1, -0.05) is 25.0 Å². The molecule has 0 bridgehead atoms. The van der Waals surface area contributed by atoms with Crippen LogP contribution in [0.4, 0.5) is 0 Å². The van der Waals surface area contributed by atoms with Crippen molar-refractivity contribution in [3.63, 3.8) is 0 Å². The maximum absolute atomic E-state index is 13.8. The number of benzene rings is 1. The molecule has 7 heteroatoms. The first-order chi connectivity index (χ1) is 16.8. The normalized spacial score (nSPS) is 20.3. The van der Waals surface area contributed by atoms with Crippen molar-refractivity contribution in [3.05, 3.63) is 66.1 Å². The number of ether oxygens (including phenoxy) is 1. The number of hydrogen-bond donors (Lipinski definition) is 1. The van der Waals surface area contributed by atoms with Gasteiger partial charge in [-0.2, -0.15) is 0 Å². The number of nitrogens with one attached hydrogen (secondary N) is 1. The van der Waals surface area contributed by atoms with Crippen LogP contribution >= 0.6 is 0 Å². The maximum Gasteiger partial charge on any atom is 0.271 e. The smallest absolute Gasteiger partial charge is 0.271 e. The van der Waals surface area contributed by atoms with Crippen molar-refractivity contribution in [2.24, 2.45) is 0 Å². The van der Waals surface area contributed by atoms with Gasteiger partial charge in [0.05, 0.1) is 24.6 Å². The van der Waals surface area contributed by atoms with Crippen LogP contribution < -0.4 is 10.1 Å². The van der Waals surface area contributed by atoms with Crippen molar-refractivity contribution in [2.75, 3.05) is 0 Å². The first kappa shape index (κ1) is 23.3. The Kier molecular flexibility index (Phi) is 6.17. The fraction of sp³-hybridized carbons (Fsp3) is 0.429. The lowest BCUT2D eigenvalue weighted by Gasteiger charge is -2.44. The van der Waals surface area contributed by atoms with Crippen molar-refractivity contribution in [1.82, 2.24) is 14.8 Å². The van der Waals surface area contributed by atoms with E-state index in [0.717, 1.165) is 42.7 Å². The van der Waals surface area contributed by atoms with Crippen molar-refractivity contribution in [1.29, 1.82) is 0 Å². The van der Waals surface area contributed by atoms with Crippen LogP contribution in [0.1, 0.15) is 62.5 Å². The van der Waals surface area contributed by atoms with Crippen LogP contribution in [0.25, 0.3) is 11.5 Å². The van der Waals surface area contributed by atoms with Crippen LogP contribution in [0.15, 0.2) is 59.2 Å². The molecule has 1 fully saturated rings. The zero-order valence-corrected chi connectivity index (χ0v) is 20.6. The number of fused-ring (bicyclic) bond motifs is 1. The standard InChI is InChI=1S/C28H33N3O4/c1-19(2)35-22-12-10-20(11-13-22)17-31-26(32)24-15-14-23(25-9-6-16-34-25)30(24)18-28(31,3)27(33)29-21-7-4-5-8-21/h6,9-16,19,21H,4-5,7-8,17-18H2,1-3H3,(H,29,33). The molecule has 3 aromatic rings. The molecule has 1 saturated carbocycles. The summed E-state index contributed by atoms with van der Waals surface area (Å²) in [6.07, 6.45) is 5.92. The van der Waals surface area contributed by atoms with Crippen LogP contribution in [-0.2, 0) is 17.9 Å². The molecule has 1 atom stereocenters. The van der Waals surface area contributed by atoms with E-state index in [1.165, 1.54) is 0 Å². The average molecular weight is 476 g/mol. The maximum atomic E-state index is 13.8. The molecule has 2 amide bonds. The Morgan fingerprint density at radius 1 is 1.11 bits per heavy atom. The van der Waals surface area contributed by atoms with E-state index < -0.39 is 5.54 Å². The second-order valence-corrected chi connectivity index (χ2v) is 10.1. The van der Waals surface area contributed by atoms with Crippen LogP contribution in [-0.4, -0.2) is 39.0 Å². The number of rotatable bonds is 7. The van der Waals surface area contributed by atoms with E-state index in [1.807, 2.05) is 73.9 Å². The van der Waals surface area contributed by atoms with Crippen LogP contribution in [0.3, 0.4) is 0 Å². The monoisotopic (exact) mass is 475 g/mol. The van der Waals surface area contributed by atoms with E-state index in [2.05, 4.69) is 5.32 Å².